The number of carbonyl (C=O) groups excluding carboxylic acids is 3. The van der Waals surface area contributed by atoms with Crippen LogP contribution < -0.4 is 0 Å². The van der Waals surface area contributed by atoms with Crippen LogP contribution in [-0.2, 0) is 28.6 Å². The van der Waals surface area contributed by atoms with Crippen molar-refractivity contribution in [1.82, 2.24) is 0 Å². The Morgan fingerprint density at radius 1 is 0.263 bits per heavy atom. The summed E-state index contributed by atoms with van der Waals surface area (Å²) in [6, 6.07) is 0. The van der Waals surface area contributed by atoms with Gasteiger partial charge in [0.15, 0.2) is 6.10 Å². The second kappa shape index (κ2) is 67.1. The quantitative estimate of drug-likeness (QED) is 0.0261. The minimum Gasteiger partial charge on any atom is -0.462 e. The number of allylic oxidation sites excluding steroid dienone is 22. The van der Waals surface area contributed by atoms with Crippen LogP contribution >= 0.6 is 0 Å². The normalized spacial score (nSPS) is 13.0. The Hall–Kier alpha value is -4.45. The fourth-order valence-corrected chi connectivity index (χ4v) is 8.89. The van der Waals surface area contributed by atoms with Crippen LogP contribution in [0.1, 0.15) is 297 Å². The largest absolute Gasteiger partial charge is 0.462 e. The summed E-state index contributed by atoms with van der Waals surface area (Å²) in [4.78, 5) is 38.3. The third-order valence-corrected chi connectivity index (χ3v) is 13.9. The van der Waals surface area contributed by atoms with E-state index in [4.69, 9.17) is 14.2 Å². The van der Waals surface area contributed by atoms with Crippen molar-refractivity contribution in [2.45, 2.75) is 303 Å². The van der Waals surface area contributed by atoms with Crippen molar-refractivity contribution in [2.75, 3.05) is 13.2 Å². The minimum absolute atomic E-state index is 0.0926. The minimum atomic E-state index is -0.797. The van der Waals surface area contributed by atoms with Crippen LogP contribution in [0.5, 0.6) is 0 Å². The van der Waals surface area contributed by atoms with Crippen LogP contribution in [0.3, 0.4) is 0 Å². The molecule has 0 bridgehead atoms. The predicted octanol–water partition coefficient (Wildman–Crippen LogP) is 22.9. The lowest BCUT2D eigenvalue weighted by molar-refractivity contribution is -0.167. The highest BCUT2D eigenvalue weighted by atomic mass is 16.6. The first-order valence-corrected chi connectivity index (χ1v) is 33.2. The Kier molecular flexibility index (Phi) is 63.3. The van der Waals surface area contributed by atoms with Crippen LogP contribution in [0.4, 0.5) is 0 Å². The van der Waals surface area contributed by atoms with Crippen molar-refractivity contribution in [3.05, 3.63) is 134 Å². The monoisotopic (exact) mass is 1110 g/mol. The first kappa shape index (κ1) is 75.5. The SMILES string of the molecule is CC/C=C\C/C=C\C/C=C\C/C=C\C/C=C\C/C=C\C/C=C\C/C=C\CCCCCCCCC(=O)OCC(COC(=O)CCCCCCC/C=C\CCCCCCC)OC(=O)CCCCCCCCC/C=C\C/C=C\CCCCC. The molecule has 6 nitrogen and oxygen atoms in total. The van der Waals surface area contributed by atoms with Gasteiger partial charge < -0.3 is 14.2 Å². The van der Waals surface area contributed by atoms with Crippen molar-refractivity contribution < 1.29 is 28.6 Å². The number of carbonyl (C=O) groups is 3. The molecular weight excluding hydrogens is 985 g/mol. The Morgan fingerprint density at radius 2 is 0.487 bits per heavy atom. The predicted molar refractivity (Wildman–Crippen MR) is 348 cm³/mol. The molecule has 0 aromatic carbocycles. The molecule has 0 aliphatic carbocycles. The molecule has 0 saturated heterocycles. The van der Waals surface area contributed by atoms with Gasteiger partial charge in [-0.05, 0) is 141 Å². The lowest BCUT2D eigenvalue weighted by atomic mass is 10.1. The Labute approximate surface area is 494 Å². The molecule has 0 aliphatic heterocycles. The zero-order chi connectivity index (χ0) is 57.8. The molecule has 0 amide bonds. The number of ether oxygens (including phenoxy) is 3. The number of rotatable bonds is 59. The maximum Gasteiger partial charge on any atom is 0.306 e. The van der Waals surface area contributed by atoms with E-state index in [1.165, 1.54) is 116 Å². The van der Waals surface area contributed by atoms with Gasteiger partial charge in [-0.15, -0.1) is 0 Å². The second-order valence-electron chi connectivity index (χ2n) is 21.6. The third kappa shape index (κ3) is 64.4. The fourth-order valence-electron chi connectivity index (χ4n) is 8.89. The summed E-state index contributed by atoms with van der Waals surface area (Å²) >= 11 is 0. The lowest BCUT2D eigenvalue weighted by Crippen LogP contribution is -2.30. The fraction of sp³-hybridized carbons (Fsp3) is 0.662. The topological polar surface area (TPSA) is 78.9 Å². The van der Waals surface area contributed by atoms with Gasteiger partial charge in [0.1, 0.15) is 13.2 Å². The van der Waals surface area contributed by atoms with Crippen LogP contribution in [0, 0.1) is 0 Å². The zero-order valence-electron chi connectivity index (χ0n) is 52.0. The highest BCUT2D eigenvalue weighted by Crippen LogP contribution is 2.15. The van der Waals surface area contributed by atoms with Gasteiger partial charge in [-0.1, -0.05) is 270 Å². The van der Waals surface area contributed by atoms with Crippen molar-refractivity contribution in [1.29, 1.82) is 0 Å². The molecule has 0 aromatic heterocycles. The summed E-state index contributed by atoms with van der Waals surface area (Å²) in [5, 5.41) is 0. The van der Waals surface area contributed by atoms with Gasteiger partial charge in [0.25, 0.3) is 0 Å². The molecule has 0 rings (SSSR count). The molecule has 0 spiro atoms. The van der Waals surface area contributed by atoms with E-state index < -0.39 is 6.10 Å². The highest BCUT2D eigenvalue weighted by molar-refractivity contribution is 5.71. The standard InChI is InChI=1S/C74H122O6/c1-4-7-10-13-16-19-22-25-28-30-31-32-33-34-35-36-37-38-39-40-41-42-43-45-46-49-52-55-58-61-64-67-73(76)79-70-71(69-78-72(75)66-63-60-57-54-51-48-27-24-21-18-15-12-9-6-3)80-74(77)68-65-62-59-56-53-50-47-44-29-26-23-20-17-14-11-8-5-2/h7,10,16-17,19-20,24-29,31-32,34-35,37-38,40-41,43,45,71H,4-6,8-9,11-15,18,21-23,30,33,36,39,42,44,46-70H2,1-3H3/b10-7-,19-16-,20-17-,27-24-,28-25-,29-26-,32-31-,35-34-,38-37-,41-40-,45-43-. The van der Waals surface area contributed by atoms with Gasteiger partial charge in [0, 0.05) is 19.3 Å². The molecule has 0 aliphatic rings. The number of hydrogen-bond acceptors (Lipinski definition) is 6. The number of hydrogen-bond donors (Lipinski definition) is 0. The van der Waals surface area contributed by atoms with Crippen LogP contribution in [0.2, 0.25) is 0 Å². The van der Waals surface area contributed by atoms with E-state index in [9.17, 15) is 14.4 Å². The van der Waals surface area contributed by atoms with Crippen molar-refractivity contribution in [3.8, 4) is 0 Å². The zero-order valence-corrected chi connectivity index (χ0v) is 52.0. The van der Waals surface area contributed by atoms with E-state index in [-0.39, 0.29) is 31.1 Å². The maximum absolute atomic E-state index is 12.9. The van der Waals surface area contributed by atoms with Gasteiger partial charge >= 0.3 is 17.9 Å². The molecule has 0 N–H and O–H groups in total. The molecule has 454 valence electrons. The second-order valence-corrected chi connectivity index (χ2v) is 21.6. The van der Waals surface area contributed by atoms with Gasteiger partial charge in [0.05, 0.1) is 0 Å². The average Bonchev–Trinajstić information content (AvgIpc) is 3.46. The van der Waals surface area contributed by atoms with Gasteiger partial charge in [-0.25, -0.2) is 0 Å². The molecule has 1 atom stereocenters. The van der Waals surface area contributed by atoms with E-state index in [0.717, 1.165) is 141 Å². The molecule has 6 heteroatoms. The smallest absolute Gasteiger partial charge is 0.306 e. The maximum atomic E-state index is 12.9. The van der Waals surface area contributed by atoms with Crippen molar-refractivity contribution in [2.24, 2.45) is 0 Å². The summed E-state index contributed by atoms with van der Waals surface area (Å²) in [5.41, 5.74) is 0. The Morgan fingerprint density at radius 3 is 0.800 bits per heavy atom. The number of esters is 3. The summed E-state index contributed by atoms with van der Waals surface area (Å²) in [6.07, 6.45) is 94.5. The summed E-state index contributed by atoms with van der Waals surface area (Å²) in [5.74, 6) is -0.920. The van der Waals surface area contributed by atoms with E-state index in [2.05, 4.69) is 154 Å². The van der Waals surface area contributed by atoms with Crippen LogP contribution in [0.15, 0.2) is 134 Å². The number of unbranched alkanes of at least 4 members (excludes halogenated alkanes) is 26. The molecule has 0 saturated carbocycles. The van der Waals surface area contributed by atoms with Gasteiger partial charge in [-0.2, -0.15) is 0 Å². The third-order valence-electron chi connectivity index (χ3n) is 13.9. The summed E-state index contributed by atoms with van der Waals surface area (Å²) < 4.78 is 16.9. The highest BCUT2D eigenvalue weighted by Gasteiger charge is 2.19. The van der Waals surface area contributed by atoms with Crippen molar-refractivity contribution >= 4 is 17.9 Å². The summed E-state index contributed by atoms with van der Waals surface area (Å²) in [6.45, 7) is 6.48. The van der Waals surface area contributed by atoms with Gasteiger partial charge in [0.2, 0.25) is 0 Å². The van der Waals surface area contributed by atoms with E-state index >= 15 is 0 Å². The molecular formula is C74H122O6. The van der Waals surface area contributed by atoms with Crippen LogP contribution in [-0.4, -0.2) is 37.2 Å². The average molecular weight is 1110 g/mol. The molecule has 0 radical (unpaired) electrons. The summed E-state index contributed by atoms with van der Waals surface area (Å²) in [7, 11) is 0. The van der Waals surface area contributed by atoms with Crippen LogP contribution in [0.25, 0.3) is 0 Å². The molecule has 0 aromatic rings. The lowest BCUT2D eigenvalue weighted by Gasteiger charge is -2.18. The molecule has 0 heterocycles. The Bertz CT molecular complexity index is 1700. The van der Waals surface area contributed by atoms with Gasteiger partial charge in [-0.3, -0.25) is 14.4 Å². The first-order chi connectivity index (χ1) is 39.5. The van der Waals surface area contributed by atoms with E-state index in [1.807, 2.05) is 0 Å². The van der Waals surface area contributed by atoms with E-state index in [0.29, 0.717) is 19.3 Å². The molecule has 80 heavy (non-hydrogen) atoms. The van der Waals surface area contributed by atoms with E-state index in [1.54, 1.807) is 0 Å². The Balaban J connectivity index is 4.36. The van der Waals surface area contributed by atoms with Crippen molar-refractivity contribution in [3.63, 3.8) is 0 Å². The molecule has 0 fully saturated rings. The molecule has 1 unspecified atom stereocenters. The first-order valence-electron chi connectivity index (χ1n) is 33.2.